The van der Waals surface area contributed by atoms with Gasteiger partial charge < -0.3 is 5.32 Å². The first-order valence-electron chi connectivity index (χ1n) is 9.29. The van der Waals surface area contributed by atoms with Crippen molar-refractivity contribution in [1.82, 2.24) is 10.2 Å². The van der Waals surface area contributed by atoms with E-state index >= 15 is 0 Å². The lowest BCUT2D eigenvalue weighted by Crippen LogP contribution is -2.42. The van der Waals surface area contributed by atoms with Gasteiger partial charge in [0.15, 0.2) is 0 Å². The van der Waals surface area contributed by atoms with Gasteiger partial charge in [0, 0.05) is 37.5 Å². The highest BCUT2D eigenvalue weighted by atomic mass is 16.1. The standard InChI is InChI=1S/C22H28N2O/c1-3-17(2)22(25)23-21-16-24(14-18-10-6-4-7-11-18)15-20(21)19-12-8-5-9-13-19/h4-13,17,20-21H,3,14-16H2,1-2H3,(H,23,25)/t17-,20-,21+/m0/s1. The van der Waals surface area contributed by atoms with Crippen molar-refractivity contribution >= 4 is 5.91 Å². The van der Waals surface area contributed by atoms with Crippen LogP contribution in [0.5, 0.6) is 0 Å². The van der Waals surface area contributed by atoms with Crippen LogP contribution < -0.4 is 5.32 Å². The summed E-state index contributed by atoms with van der Waals surface area (Å²) in [4.78, 5) is 14.9. The molecule has 0 spiro atoms. The van der Waals surface area contributed by atoms with Crippen LogP contribution in [0.2, 0.25) is 0 Å². The fraction of sp³-hybridized carbons (Fsp3) is 0.409. The lowest BCUT2D eigenvalue weighted by molar-refractivity contribution is -0.125. The third-order valence-corrected chi connectivity index (χ3v) is 5.26. The maximum atomic E-state index is 12.4. The fourth-order valence-electron chi connectivity index (χ4n) is 3.55. The SMILES string of the molecule is CC[C@H](C)C(=O)N[C@@H]1CN(Cc2ccccc2)C[C@H]1c1ccccc1. The maximum absolute atomic E-state index is 12.4. The van der Waals surface area contributed by atoms with Crippen LogP contribution in [0.4, 0.5) is 0 Å². The van der Waals surface area contributed by atoms with Crippen LogP contribution in [-0.4, -0.2) is 29.9 Å². The zero-order valence-electron chi connectivity index (χ0n) is 15.2. The highest BCUT2D eigenvalue weighted by Gasteiger charge is 2.35. The van der Waals surface area contributed by atoms with Crippen molar-refractivity contribution in [2.45, 2.75) is 38.8 Å². The molecule has 1 aliphatic rings. The number of hydrogen-bond donors (Lipinski definition) is 1. The van der Waals surface area contributed by atoms with Crippen molar-refractivity contribution in [2.24, 2.45) is 5.92 Å². The van der Waals surface area contributed by atoms with E-state index in [0.717, 1.165) is 26.1 Å². The predicted molar refractivity (Wildman–Crippen MR) is 102 cm³/mol. The Kier molecular flexibility index (Phi) is 5.87. The molecule has 0 aromatic heterocycles. The minimum atomic E-state index is 0.0691. The van der Waals surface area contributed by atoms with Crippen LogP contribution in [0.25, 0.3) is 0 Å². The molecule has 3 heteroatoms. The van der Waals surface area contributed by atoms with Crippen LogP contribution in [0.3, 0.4) is 0 Å². The first-order chi connectivity index (χ1) is 12.2. The molecule has 1 heterocycles. The topological polar surface area (TPSA) is 32.3 Å². The van der Waals surface area contributed by atoms with E-state index in [1.165, 1.54) is 11.1 Å². The van der Waals surface area contributed by atoms with E-state index in [9.17, 15) is 4.79 Å². The number of carbonyl (C=O) groups is 1. The van der Waals surface area contributed by atoms with Gasteiger partial charge in [-0.3, -0.25) is 9.69 Å². The second kappa shape index (κ2) is 8.30. The number of amides is 1. The molecule has 0 unspecified atom stereocenters. The second-order valence-corrected chi connectivity index (χ2v) is 7.12. The molecule has 25 heavy (non-hydrogen) atoms. The summed E-state index contributed by atoms with van der Waals surface area (Å²) in [7, 11) is 0. The van der Waals surface area contributed by atoms with Gasteiger partial charge in [-0.25, -0.2) is 0 Å². The summed E-state index contributed by atoms with van der Waals surface area (Å²) in [5, 5.41) is 3.31. The molecule has 3 rings (SSSR count). The average Bonchev–Trinajstić information content (AvgIpc) is 3.04. The zero-order valence-corrected chi connectivity index (χ0v) is 15.2. The highest BCUT2D eigenvalue weighted by molar-refractivity contribution is 5.78. The number of nitrogens with zero attached hydrogens (tertiary/aromatic N) is 1. The molecule has 0 saturated carbocycles. The van der Waals surface area contributed by atoms with E-state index in [0.29, 0.717) is 5.92 Å². The molecule has 2 aromatic carbocycles. The molecule has 3 atom stereocenters. The molecule has 0 radical (unpaired) electrons. The highest BCUT2D eigenvalue weighted by Crippen LogP contribution is 2.29. The third-order valence-electron chi connectivity index (χ3n) is 5.26. The fourth-order valence-corrected chi connectivity index (χ4v) is 3.55. The summed E-state index contributed by atoms with van der Waals surface area (Å²) in [5.41, 5.74) is 2.63. The van der Waals surface area contributed by atoms with Crippen molar-refractivity contribution in [3.05, 3.63) is 71.8 Å². The minimum Gasteiger partial charge on any atom is -0.351 e. The van der Waals surface area contributed by atoms with Crippen LogP contribution in [0, 0.1) is 5.92 Å². The first-order valence-corrected chi connectivity index (χ1v) is 9.29. The van der Waals surface area contributed by atoms with Crippen LogP contribution in [0.1, 0.15) is 37.3 Å². The molecule has 132 valence electrons. The number of hydrogen-bond acceptors (Lipinski definition) is 2. The largest absolute Gasteiger partial charge is 0.351 e. The molecular weight excluding hydrogens is 308 g/mol. The van der Waals surface area contributed by atoms with Gasteiger partial charge >= 0.3 is 0 Å². The Bertz CT molecular complexity index is 671. The zero-order chi connectivity index (χ0) is 17.6. The number of rotatable bonds is 6. The van der Waals surface area contributed by atoms with E-state index < -0.39 is 0 Å². The Morgan fingerprint density at radius 1 is 1.08 bits per heavy atom. The summed E-state index contributed by atoms with van der Waals surface area (Å²) in [5.74, 6) is 0.590. The normalized spacial score (nSPS) is 21.8. The van der Waals surface area contributed by atoms with E-state index in [2.05, 4.69) is 71.7 Å². The Labute approximate surface area is 151 Å². The molecule has 1 aliphatic heterocycles. The quantitative estimate of drug-likeness (QED) is 0.870. The second-order valence-electron chi connectivity index (χ2n) is 7.12. The van der Waals surface area contributed by atoms with E-state index in [1.807, 2.05) is 13.0 Å². The summed E-state index contributed by atoms with van der Waals surface area (Å²) in [6, 6.07) is 21.3. The lowest BCUT2D eigenvalue weighted by Gasteiger charge is -2.22. The molecule has 3 nitrogen and oxygen atoms in total. The van der Waals surface area contributed by atoms with Gasteiger partial charge in [0.05, 0.1) is 0 Å². The van der Waals surface area contributed by atoms with Crippen LogP contribution >= 0.6 is 0 Å². The van der Waals surface area contributed by atoms with Crippen LogP contribution in [-0.2, 0) is 11.3 Å². The number of benzene rings is 2. The molecular formula is C22H28N2O. The molecule has 0 aliphatic carbocycles. The summed E-state index contributed by atoms with van der Waals surface area (Å²) >= 11 is 0. The average molecular weight is 336 g/mol. The van der Waals surface area contributed by atoms with E-state index in [4.69, 9.17) is 0 Å². The third kappa shape index (κ3) is 4.49. The summed E-state index contributed by atoms with van der Waals surface area (Å²) in [6.07, 6.45) is 0.877. The van der Waals surface area contributed by atoms with Gasteiger partial charge in [0.1, 0.15) is 0 Å². The monoisotopic (exact) mass is 336 g/mol. The Hall–Kier alpha value is -2.13. The molecule has 1 N–H and O–H groups in total. The predicted octanol–water partition coefficient (Wildman–Crippen LogP) is 3.82. The lowest BCUT2D eigenvalue weighted by atomic mass is 9.94. The van der Waals surface area contributed by atoms with E-state index in [-0.39, 0.29) is 17.9 Å². The van der Waals surface area contributed by atoms with Crippen molar-refractivity contribution < 1.29 is 4.79 Å². The van der Waals surface area contributed by atoms with Gasteiger partial charge in [0.2, 0.25) is 5.91 Å². The molecule has 1 fully saturated rings. The summed E-state index contributed by atoms with van der Waals surface area (Å²) < 4.78 is 0. The number of nitrogens with one attached hydrogen (secondary N) is 1. The molecule has 1 saturated heterocycles. The molecule has 2 aromatic rings. The smallest absolute Gasteiger partial charge is 0.223 e. The van der Waals surface area contributed by atoms with Gasteiger partial charge in [-0.2, -0.15) is 0 Å². The Morgan fingerprint density at radius 2 is 1.72 bits per heavy atom. The number of likely N-dealkylation sites (tertiary alicyclic amines) is 1. The Morgan fingerprint density at radius 3 is 2.36 bits per heavy atom. The van der Waals surface area contributed by atoms with Gasteiger partial charge in [-0.1, -0.05) is 74.5 Å². The van der Waals surface area contributed by atoms with Crippen molar-refractivity contribution in [3.63, 3.8) is 0 Å². The molecule has 0 bridgehead atoms. The first kappa shape index (κ1) is 17.7. The maximum Gasteiger partial charge on any atom is 0.223 e. The van der Waals surface area contributed by atoms with Crippen molar-refractivity contribution in [1.29, 1.82) is 0 Å². The summed E-state index contributed by atoms with van der Waals surface area (Å²) in [6.45, 7) is 6.87. The van der Waals surface area contributed by atoms with Gasteiger partial charge in [-0.05, 0) is 17.5 Å². The molecule has 1 amide bonds. The number of carbonyl (C=O) groups excluding carboxylic acids is 1. The van der Waals surface area contributed by atoms with Gasteiger partial charge in [0.25, 0.3) is 0 Å². The van der Waals surface area contributed by atoms with Gasteiger partial charge in [-0.15, -0.1) is 0 Å². The van der Waals surface area contributed by atoms with Crippen LogP contribution in [0.15, 0.2) is 60.7 Å². The minimum absolute atomic E-state index is 0.0691. The Balaban J connectivity index is 1.74. The van der Waals surface area contributed by atoms with Crippen molar-refractivity contribution in [3.8, 4) is 0 Å². The van der Waals surface area contributed by atoms with E-state index in [1.54, 1.807) is 0 Å². The van der Waals surface area contributed by atoms with Crippen molar-refractivity contribution in [2.75, 3.05) is 13.1 Å².